The minimum atomic E-state index is -0.352. The lowest BCUT2D eigenvalue weighted by molar-refractivity contribution is -0.120. The van der Waals surface area contributed by atoms with Crippen LogP contribution in [0.1, 0.15) is 42.9 Å². The molecule has 108 valence electrons. The number of hydrogen-bond acceptors (Lipinski definition) is 3. The molecule has 1 unspecified atom stereocenters. The molecule has 1 amide bonds. The predicted octanol–water partition coefficient (Wildman–Crippen LogP) is 1.74. The van der Waals surface area contributed by atoms with E-state index in [4.69, 9.17) is 5.73 Å². The first-order valence-corrected chi connectivity index (χ1v) is 7.54. The molecule has 1 atom stereocenters. The molecule has 1 aliphatic heterocycles. The largest absolute Gasteiger partial charge is 0.374 e. The number of benzene rings is 1. The van der Waals surface area contributed by atoms with E-state index < -0.39 is 0 Å². The van der Waals surface area contributed by atoms with E-state index in [-0.39, 0.29) is 11.9 Å². The maximum absolute atomic E-state index is 11.8. The van der Waals surface area contributed by atoms with Crippen molar-refractivity contribution in [3.8, 4) is 0 Å². The minimum absolute atomic E-state index is 0.275. The molecule has 0 saturated heterocycles. The number of likely N-dealkylation sites (N-methyl/N-ethyl adjacent to an activating group) is 1. The average Bonchev–Trinajstić information content (AvgIpc) is 3.06. The van der Waals surface area contributed by atoms with Gasteiger partial charge in [-0.3, -0.25) is 10.1 Å². The number of fused-ring (bicyclic) bond motifs is 1. The molecule has 1 saturated carbocycles. The van der Waals surface area contributed by atoms with Crippen molar-refractivity contribution < 1.29 is 4.79 Å². The van der Waals surface area contributed by atoms with E-state index in [2.05, 4.69) is 29.4 Å². The lowest BCUT2D eigenvalue weighted by Crippen LogP contribution is -2.38. The highest BCUT2D eigenvalue weighted by Crippen LogP contribution is 2.30. The Kier molecular flexibility index (Phi) is 3.66. The van der Waals surface area contributed by atoms with Crippen molar-refractivity contribution in [2.24, 2.45) is 5.73 Å². The molecule has 1 heterocycles. The molecule has 3 rings (SSSR count). The van der Waals surface area contributed by atoms with Crippen molar-refractivity contribution in [2.45, 2.75) is 44.2 Å². The standard InChI is InChI=1S/C16H23N3O/c1-19-9-8-11-10-12(6-7-14(11)19)15(16(17)20)18-13-4-2-3-5-13/h6-7,10,13,15,18H,2-5,8-9H2,1H3,(H2,17,20). The van der Waals surface area contributed by atoms with Crippen molar-refractivity contribution in [3.05, 3.63) is 29.3 Å². The van der Waals surface area contributed by atoms with Gasteiger partial charge in [-0.25, -0.2) is 0 Å². The van der Waals surface area contributed by atoms with E-state index in [0.29, 0.717) is 6.04 Å². The third-order valence-electron chi connectivity index (χ3n) is 4.61. The van der Waals surface area contributed by atoms with E-state index in [0.717, 1.165) is 31.4 Å². The maximum Gasteiger partial charge on any atom is 0.239 e. The second kappa shape index (κ2) is 5.44. The van der Waals surface area contributed by atoms with Gasteiger partial charge in [-0.05, 0) is 36.5 Å². The number of anilines is 1. The minimum Gasteiger partial charge on any atom is -0.374 e. The molecule has 4 heteroatoms. The predicted molar refractivity (Wildman–Crippen MR) is 80.7 cm³/mol. The number of primary amides is 1. The quantitative estimate of drug-likeness (QED) is 0.878. The second-order valence-electron chi connectivity index (χ2n) is 6.04. The van der Waals surface area contributed by atoms with E-state index in [9.17, 15) is 4.79 Å². The van der Waals surface area contributed by atoms with E-state index >= 15 is 0 Å². The van der Waals surface area contributed by atoms with Crippen molar-refractivity contribution in [2.75, 3.05) is 18.5 Å². The Morgan fingerprint density at radius 1 is 1.40 bits per heavy atom. The molecule has 1 aromatic rings. The highest BCUT2D eigenvalue weighted by atomic mass is 16.1. The Labute approximate surface area is 120 Å². The zero-order valence-corrected chi connectivity index (χ0v) is 12.1. The molecule has 20 heavy (non-hydrogen) atoms. The summed E-state index contributed by atoms with van der Waals surface area (Å²) in [5.74, 6) is -0.275. The Hall–Kier alpha value is -1.55. The highest BCUT2D eigenvalue weighted by molar-refractivity contribution is 5.82. The number of hydrogen-bond donors (Lipinski definition) is 2. The second-order valence-corrected chi connectivity index (χ2v) is 6.04. The number of rotatable bonds is 4. The zero-order valence-electron chi connectivity index (χ0n) is 12.1. The molecule has 4 nitrogen and oxygen atoms in total. The monoisotopic (exact) mass is 273 g/mol. The molecular weight excluding hydrogens is 250 g/mol. The topological polar surface area (TPSA) is 58.4 Å². The summed E-state index contributed by atoms with van der Waals surface area (Å²) in [6.07, 6.45) is 5.85. The summed E-state index contributed by atoms with van der Waals surface area (Å²) >= 11 is 0. The fraction of sp³-hybridized carbons (Fsp3) is 0.562. The highest BCUT2D eigenvalue weighted by Gasteiger charge is 2.25. The summed E-state index contributed by atoms with van der Waals surface area (Å²) in [5.41, 5.74) is 9.22. The van der Waals surface area contributed by atoms with Gasteiger partial charge < -0.3 is 10.6 Å². The third kappa shape index (κ3) is 2.52. The summed E-state index contributed by atoms with van der Waals surface area (Å²) < 4.78 is 0. The number of nitrogens with zero attached hydrogens (tertiary/aromatic N) is 1. The van der Waals surface area contributed by atoms with Crippen LogP contribution >= 0.6 is 0 Å². The van der Waals surface area contributed by atoms with Crippen LogP contribution in [0.3, 0.4) is 0 Å². The van der Waals surface area contributed by atoms with Gasteiger partial charge in [0.15, 0.2) is 0 Å². The summed E-state index contributed by atoms with van der Waals surface area (Å²) in [5, 5.41) is 3.45. The molecule has 0 radical (unpaired) electrons. The summed E-state index contributed by atoms with van der Waals surface area (Å²) in [6, 6.07) is 6.38. The van der Waals surface area contributed by atoms with Crippen LogP contribution in [-0.4, -0.2) is 25.5 Å². The smallest absolute Gasteiger partial charge is 0.239 e. The fourth-order valence-corrected chi connectivity index (χ4v) is 3.44. The SMILES string of the molecule is CN1CCc2cc(C(NC3CCCC3)C(N)=O)ccc21. The van der Waals surface area contributed by atoms with Gasteiger partial charge in [0.05, 0.1) is 0 Å². The molecule has 0 bridgehead atoms. The maximum atomic E-state index is 11.8. The Balaban J connectivity index is 1.82. The van der Waals surface area contributed by atoms with Crippen LogP contribution in [0.5, 0.6) is 0 Å². The van der Waals surface area contributed by atoms with Gasteiger partial charge in [-0.2, -0.15) is 0 Å². The van der Waals surface area contributed by atoms with Crippen LogP contribution in [-0.2, 0) is 11.2 Å². The number of carbonyl (C=O) groups is 1. The van der Waals surface area contributed by atoms with Crippen molar-refractivity contribution in [3.63, 3.8) is 0 Å². The van der Waals surface area contributed by atoms with Crippen molar-refractivity contribution in [1.82, 2.24) is 5.32 Å². The number of nitrogens with two attached hydrogens (primary N) is 1. The Bertz CT molecular complexity index is 508. The first kappa shape index (κ1) is 13.4. The van der Waals surface area contributed by atoms with Gasteiger partial charge in [0.25, 0.3) is 0 Å². The summed E-state index contributed by atoms with van der Waals surface area (Å²) in [6.45, 7) is 1.05. The van der Waals surface area contributed by atoms with E-state index in [1.165, 1.54) is 24.1 Å². The van der Waals surface area contributed by atoms with Gasteiger partial charge in [0.2, 0.25) is 5.91 Å². The van der Waals surface area contributed by atoms with Crippen LogP contribution in [0.25, 0.3) is 0 Å². The lowest BCUT2D eigenvalue weighted by Gasteiger charge is -2.21. The first-order valence-electron chi connectivity index (χ1n) is 7.54. The van der Waals surface area contributed by atoms with Crippen LogP contribution in [0.4, 0.5) is 5.69 Å². The van der Waals surface area contributed by atoms with Gasteiger partial charge in [-0.15, -0.1) is 0 Å². The summed E-state index contributed by atoms with van der Waals surface area (Å²) in [4.78, 5) is 14.1. The molecular formula is C16H23N3O. The normalized spacial score (nSPS) is 20.1. The molecule has 0 spiro atoms. The Morgan fingerprint density at radius 2 is 2.15 bits per heavy atom. The van der Waals surface area contributed by atoms with Crippen LogP contribution < -0.4 is 16.0 Å². The van der Waals surface area contributed by atoms with Crippen LogP contribution in [0.15, 0.2) is 18.2 Å². The Morgan fingerprint density at radius 3 is 2.85 bits per heavy atom. The molecule has 0 aromatic heterocycles. The lowest BCUT2D eigenvalue weighted by atomic mass is 10.0. The molecule has 1 fully saturated rings. The van der Waals surface area contributed by atoms with Crippen molar-refractivity contribution in [1.29, 1.82) is 0 Å². The molecule has 1 aromatic carbocycles. The summed E-state index contributed by atoms with van der Waals surface area (Å²) in [7, 11) is 2.11. The van der Waals surface area contributed by atoms with Gasteiger partial charge in [0.1, 0.15) is 6.04 Å². The zero-order chi connectivity index (χ0) is 14.1. The van der Waals surface area contributed by atoms with Gasteiger partial charge in [-0.1, -0.05) is 25.0 Å². The fourth-order valence-electron chi connectivity index (χ4n) is 3.44. The number of carbonyl (C=O) groups excluding carboxylic acids is 1. The number of amides is 1. The third-order valence-corrected chi connectivity index (χ3v) is 4.61. The van der Waals surface area contributed by atoms with Gasteiger partial charge >= 0.3 is 0 Å². The molecule has 1 aliphatic carbocycles. The van der Waals surface area contributed by atoms with Crippen LogP contribution in [0.2, 0.25) is 0 Å². The number of nitrogens with one attached hydrogen (secondary N) is 1. The molecule has 2 aliphatic rings. The van der Waals surface area contributed by atoms with Gasteiger partial charge in [0, 0.05) is 25.3 Å². The van der Waals surface area contributed by atoms with E-state index in [1.54, 1.807) is 0 Å². The molecule has 3 N–H and O–H groups in total. The first-order chi connectivity index (χ1) is 9.65. The van der Waals surface area contributed by atoms with Crippen LogP contribution in [0, 0.1) is 0 Å². The average molecular weight is 273 g/mol. The van der Waals surface area contributed by atoms with Crippen molar-refractivity contribution >= 4 is 11.6 Å². The van der Waals surface area contributed by atoms with E-state index in [1.807, 2.05) is 6.07 Å².